The predicted molar refractivity (Wildman–Crippen MR) is 77.9 cm³/mol. The smallest absolute Gasteiger partial charge is 0.229 e. The largest absolute Gasteiger partial charge is 0.339 e. The zero-order valence-electron chi connectivity index (χ0n) is 11.0. The molecule has 0 fully saturated rings. The first kappa shape index (κ1) is 14.2. The van der Waals surface area contributed by atoms with Crippen LogP contribution in [-0.2, 0) is 6.42 Å². The summed E-state index contributed by atoms with van der Waals surface area (Å²) in [5.41, 5.74) is 6.66. The van der Waals surface area contributed by atoms with Gasteiger partial charge in [-0.15, -0.1) is 0 Å². The van der Waals surface area contributed by atoms with E-state index in [0.717, 1.165) is 28.7 Å². The molecule has 2 aromatic rings. The van der Waals surface area contributed by atoms with Gasteiger partial charge in [0.15, 0.2) is 5.82 Å². The molecule has 5 heteroatoms. The van der Waals surface area contributed by atoms with Crippen molar-refractivity contribution in [2.45, 2.75) is 32.1 Å². The van der Waals surface area contributed by atoms with Gasteiger partial charge in [0.25, 0.3) is 0 Å². The normalized spacial score (nSPS) is 12.6. The molecule has 0 aliphatic carbocycles. The van der Waals surface area contributed by atoms with Crippen LogP contribution in [0.15, 0.2) is 33.3 Å². The van der Waals surface area contributed by atoms with E-state index in [4.69, 9.17) is 10.3 Å². The molecule has 0 spiro atoms. The number of aromatic nitrogens is 2. The summed E-state index contributed by atoms with van der Waals surface area (Å²) in [6.07, 6.45) is 2.63. The van der Waals surface area contributed by atoms with Crippen molar-refractivity contribution >= 4 is 15.9 Å². The van der Waals surface area contributed by atoms with Crippen LogP contribution in [0.1, 0.15) is 43.0 Å². The third kappa shape index (κ3) is 3.88. The monoisotopic (exact) mass is 323 g/mol. The fourth-order valence-corrected chi connectivity index (χ4v) is 2.32. The Hall–Kier alpha value is -1.20. The topological polar surface area (TPSA) is 64.9 Å². The van der Waals surface area contributed by atoms with Crippen LogP contribution < -0.4 is 5.73 Å². The van der Waals surface area contributed by atoms with Gasteiger partial charge < -0.3 is 10.3 Å². The molecular weight excluding hydrogens is 306 g/mol. The molecule has 2 rings (SSSR count). The van der Waals surface area contributed by atoms with Crippen LogP contribution in [-0.4, -0.2) is 16.7 Å². The zero-order valence-corrected chi connectivity index (χ0v) is 12.6. The van der Waals surface area contributed by atoms with E-state index >= 15 is 0 Å². The van der Waals surface area contributed by atoms with E-state index in [9.17, 15) is 0 Å². The second-order valence-corrected chi connectivity index (χ2v) is 5.50. The Balaban J connectivity index is 2.03. The van der Waals surface area contributed by atoms with Gasteiger partial charge in [-0.25, -0.2) is 0 Å². The van der Waals surface area contributed by atoms with Crippen LogP contribution in [0.2, 0.25) is 0 Å². The van der Waals surface area contributed by atoms with Crippen molar-refractivity contribution in [2.75, 3.05) is 6.54 Å². The molecule has 2 N–H and O–H groups in total. The summed E-state index contributed by atoms with van der Waals surface area (Å²) in [7, 11) is 0. The van der Waals surface area contributed by atoms with Crippen molar-refractivity contribution in [1.29, 1.82) is 0 Å². The van der Waals surface area contributed by atoms with Gasteiger partial charge in [-0.1, -0.05) is 46.2 Å². The number of hydrogen-bond acceptors (Lipinski definition) is 4. The molecule has 1 aromatic heterocycles. The third-order valence-electron chi connectivity index (χ3n) is 3.05. The van der Waals surface area contributed by atoms with Crippen molar-refractivity contribution in [3.63, 3.8) is 0 Å². The average molecular weight is 324 g/mol. The third-order valence-corrected chi connectivity index (χ3v) is 3.83. The Labute approximate surface area is 121 Å². The predicted octanol–water partition coefficient (Wildman–Crippen LogP) is 3.27. The summed E-state index contributed by atoms with van der Waals surface area (Å²) in [5.74, 6) is 1.70. The molecule has 0 aliphatic heterocycles. The molecule has 19 heavy (non-hydrogen) atoms. The van der Waals surface area contributed by atoms with E-state index in [1.165, 1.54) is 0 Å². The maximum Gasteiger partial charge on any atom is 0.229 e. The number of hydrogen-bond donors (Lipinski definition) is 1. The molecule has 102 valence electrons. The lowest BCUT2D eigenvalue weighted by Crippen LogP contribution is -2.02. The summed E-state index contributed by atoms with van der Waals surface area (Å²) in [4.78, 5) is 4.46. The van der Waals surface area contributed by atoms with Crippen molar-refractivity contribution < 1.29 is 4.52 Å². The molecule has 0 saturated carbocycles. The molecule has 1 unspecified atom stereocenters. The highest BCUT2D eigenvalue weighted by Crippen LogP contribution is 2.21. The second-order valence-electron chi connectivity index (χ2n) is 4.65. The van der Waals surface area contributed by atoms with Crippen molar-refractivity contribution in [1.82, 2.24) is 10.1 Å². The molecule has 1 aromatic carbocycles. The summed E-state index contributed by atoms with van der Waals surface area (Å²) in [6.45, 7) is 2.79. The lowest BCUT2D eigenvalue weighted by atomic mass is 10.1. The first-order valence-corrected chi connectivity index (χ1v) is 7.26. The molecule has 0 aliphatic rings. The maximum absolute atomic E-state index is 5.51. The lowest BCUT2D eigenvalue weighted by molar-refractivity contribution is 0.349. The summed E-state index contributed by atoms with van der Waals surface area (Å²) in [6, 6.07) is 8.06. The van der Waals surface area contributed by atoms with E-state index in [0.29, 0.717) is 18.9 Å². The van der Waals surface area contributed by atoms with E-state index < -0.39 is 0 Å². The van der Waals surface area contributed by atoms with Gasteiger partial charge in [0.05, 0.1) is 0 Å². The van der Waals surface area contributed by atoms with Crippen LogP contribution in [0, 0.1) is 0 Å². The van der Waals surface area contributed by atoms with Gasteiger partial charge in [0.2, 0.25) is 5.89 Å². The highest BCUT2D eigenvalue weighted by molar-refractivity contribution is 9.10. The van der Waals surface area contributed by atoms with Crippen LogP contribution in [0.4, 0.5) is 0 Å². The van der Waals surface area contributed by atoms with Crippen molar-refractivity contribution in [3.05, 3.63) is 46.0 Å². The minimum atomic E-state index is 0.268. The number of halogens is 1. The molecule has 4 nitrogen and oxygen atoms in total. The maximum atomic E-state index is 5.51. The van der Waals surface area contributed by atoms with Crippen LogP contribution in [0.5, 0.6) is 0 Å². The number of nitrogens with zero attached hydrogens (tertiary/aromatic N) is 2. The zero-order chi connectivity index (χ0) is 13.7. The average Bonchev–Trinajstić information content (AvgIpc) is 2.87. The minimum Gasteiger partial charge on any atom is -0.339 e. The Morgan fingerprint density at radius 1 is 1.37 bits per heavy atom. The Bertz CT molecular complexity index is 527. The first-order valence-electron chi connectivity index (χ1n) is 6.46. The van der Waals surface area contributed by atoms with Crippen LogP contribution in [0.3, 0.4) is 0 Å². The van der Waals surface area contributed by atoms with E-state index in [1.54, 1.807) is 0 Å². The van der Waals surface area contributed by atoms with Gasteiger partial charge in [-0.3, -0.25) is 0 Å². The van der Waals surface area contributed by atoms with Crippen molar-refractivity contribution in [2.24, 2.45) is 5.73 Å². The molecule has 1 atom stereocenters. The van der Waals surface area contributed by atoms with Gasteiger partial charge in [-0.2, -0.15) is 4.98 Å². The van der Waals surface area contributed by atoms with E-state index in [2.05, 4.69) is 39.1 Å². The van der Waals surface area contributed by atoms with Gasteiger partial charge >= 0.3 is 0 Å². The summed E-state index contributed by atoms with van der Waals surface area (Å²) < 4.78 is 6.39. The molecular formula is C14H18BrN3O. The molecule has 0 bridgehead atoms. The number of nitrogens with two attached hydrogens (primary N) is 1. The van der Waals surface area contributed by atoms with Gasteiger partial charge in [0.1, 0.15) is 0 Å². The van der Waals surface area contributed by atoms with Crippen LogP contribution >= 0.6 is 15.9 Å². The molecule has 0 radical (unpaired) electrons. The molecule has 0 saturated heterocycles. The van der Waals surface area contributed by atoms with E-state index in [1.807, 2.05) is 18.2 Å². The lowest BCUT2D eigenvalue weighted by Gasteiger charge is -2.03. The SMILES string of the molecule is CC(CCCN)c1nc(Cc2ccccc2Br)no1. The van der Waals surface area contributed by atoms with E-state index in [-0.39, 0.29) is 5.92 Å². The minimum absolute atomic E-state index is 0.268. The fourth-order valence-electron chi connectivity index (χ4n) is 1.90. The Morgan fingerprint density at radius 3 is 2.89 bits per heavy atom. The highest BCUT2D eigenvalue weighted by atomic mass is 79.9. The summed E-state index contributed by atoms with van der Waals surface area (Å²) in [5, 5.41) is 4.04. The van der Waals surface area contributed by atoms with Gasteiger partial charge in [0, 0.05) is 16.8 Å². The quantitative estimate of drug-likeness (QED) is 0.886. The Morgan fingerprint density at radius 2 is 2.16 bits per heavy atom. The van der Waals surface area contributed by atoms with Crippen LogP contribution in [0.25, 0.3) is 0 Å². The second kappa shape index (κ2) is 6.82. The highest BCUT2D eigenvalue weighted by Gasteiger charge is 2.14. The molecule has 1 heterocycles. The Kier molecular flexibility index (Phi) is 5.10. The standard InChI is InChI=1S/C14H18BrN3O/c1-10(5-4-8-16)14-17-13(18-19-14)9-11-6-2-3-7-12(11)15/h2-3,6-7,10H,4-5,8-9,16H2,1H3. The molecule has 0 amide bonds. The number of benzene rings is 1. The first-order chi connectivity index (χ1) is 9.20. The van der Waals surface area contributed by atoms with Gasteiger partial charge in [-0.05, 0) is 31.0 Å². The van der Waals surface area contributed by atoms with Crippen molar-refractivity contribution in [3.8, 4) is 0 Å². The summed E-state index contributed by atoms with van der Waals surface area (Å²) >= 11 is 3.52. The fraction of sp³-hybridized carbons (Fsp3) is 0.429. The number of rotatable bonds is 6.